The first-order chi connectivity index (χ1) is 15.8. The fraction of sp³-hybridized carbons (Fsp3) is 0.548. The molecule has 0 bridgehead atoms. The second-order valence-electron chi connectivity index (χ2n) is 10.1. The zero-order valence-corrected chi connectivity index (χ0v) is 20.3. The van der Waals surface area contributed by atoms with E-state index in [4.69, 9.17) is 4.74 Å². The summed E-state index contributed by atoms with van der Waals surface area (Å²) in [6, 6.07) is 16.5. The van der Waals surface area contributed by atoms with Crippen LogP contribution in [-0.4, -0.2) is 6.61 Å². The predicted octanol–water partition coefficient (Wildman–Crippen LogP) is 8.77. The molecule has 0 heterocycles. The van der Waals surface area contributed by atoms with E-state index in [0.717, 1.165) is 43.5 Å². The van der Waals surface area contributed by atoms with Gasteiger partial charge in [0.05, 0.1) is 6.61 Å². The van der Waals surface area contributed by atoms with Crippen LogP contribution in [0.15, 0.2) is 54.6 Å². The SMILES string of the molecule is CC=CCCOc1ccc2c(c1)CCC(c1ccc(C3CCC(CCCC)CC3)cc1)C2. The minimum Gasteiger partial charge on any atom is -0.493 e. The summed E-state index contributed by atoms with van der Waals surface area (Å²) in [4.78, 5) is 0. The van der Waals surface area contributed by atoms with Gasteiger partial charge in [-0.05, 0) is 110 Å². The Hall–Kier alpha value is -2.02. The molecule has 0 saturated heterocycles. The summed E-state index contributed by atoms with van der Waals surface area (Å²) in [5.41, 5.74) is 6.11. The Bertz CT molecular complexity index is 855. The van der Waals surface area contributed by atoms with Crippen LogP contribution in [0.5, 0.6) is 5.75 Å². The van der Waals surface area contributed by atoms with Crippen molar-refractivity contribution in [1.29, 1.82) is 0 Å². The molecule has 1 unspecified atom stereocenters. The van der Waals surface area contributed by atoms with Gasteiger partial charge in [0.2, 0.25) is 0 Å². The van der Waals surface area contributed by atoms with Crippen LogP contribution in [0.1, 0.15) is 106 Å². The Kier molecular flexibility index (Phi) is 8.49. The Labute approximate surface area is 196 Å². The average molecular weight is 431 g/mol. The van der Waals surface area contributed by atoms with Crippen LogP contribution >= 0.6 is 0 Å². The Morgan fingerprint density at radius 3 is 2.34 bits per heavy atom. The summed E-state index contributed by atoms with van der Waals surface area (Å²) < 4.78 is 5.93. The molecule has 4 rings (SSSR count). The monoisotopic (exact) mass is 430 g/mol. The van der Waals surface area contributed by atoms with Gasteiger partial charge in [0.15, 0.2) is 0 Å². The molecule has 1 saturated carbocycles. The third-order valence-corrected chi connectivity index (χ3v) is 7.89. The number of unbranched alkanes of at least 4 members (excludes halogenated alkanes) is 1. The first-order valence-corrected chi connectivity index (χ1v) is 13.2. The zero-order chi connectivity index (χ0) is 22.2. The van der Waals surface area contributed by atoms with Crippen molar-refractivity contribution in [2.24, 2.45) is 5.92 Å². The van der Waals surface area contributed by atoms with E-state index in [1.54, 1.807) is 5.56 Å². The van der Waals surface area contributed by atoms with Gasteiger partial charge in [0, 0.05) is 0 Å². The first kappa shape index (κ1) is 23.1. The fourth-order valence-electron chi connectivity index (χ4n) is 5.83. The Balaban J connectivity index is 1.31. The summed E-state index contributed by atoms with van der Waals surface area (Å²) >= 11 is 0. The Morgan fingerprint density at radius 1 is 0.875 bits per heavy atom. The molecule has 2 aromatic carbocycles. The van der Waals surface area contributed by atoms with Gasteiger partial charge in [-0.15, -0.1) is 0 Å². The third-order valence-electron chi connectivity index (χ3n) is 7.89. The number of hydrogen-bond acceptors (Lipinski definition) is 1. The minimum atomic E-state index is 0.655. The van der Waals surface area contributed by atoms with Gasteiger partial charge >= 0.3 is 0 Å². The number of aryl methyl sites for hydroxylation is 1. The highest BCUT2D eigenvalue weighted by Crippen LogP contribution is 2.39. The van der Waals surface area contributed by atoms with Crippen LogP contribution in [-0.2, 0) is 12.8 Å². The lowest BCUT2D eigenvalue weighted by molar-refractivity contribution is 0.304. The van der Waals surface area contributed by atoms with E-state index in [1.807, 2.05) is 0 Å². The smallest absolute Gasteiger partial charge is 0.119 e. The zero-order valence-electron chi connectivity index (χ0n) is 20.3. The molecular formula is C31H42O. The third kappa shape index (κ3) is 6.06. The highest BCUT2D eigenvalue weighted by molar-refractivity contribution is 5.40. The molecule has 0 spiro atoms. The van der Waals surface area contributed by atoms with Gasteiger partial charge in [-0.1, -0.05) is 68.7 Å². The Morgan fingerprint density at radius 2 is 1.62 bits per heavy atom. The molecule has 0 radical (unpaired) electrons. The van der Waals surface area contributed by atoms with Gasteiger partial charge in [-0.3, -0.25) is 0 Å². The standard InChI is InChI=1S/C31H42O/c1-3-5-7-21-32-31-20-19-29-22-28(17-18-30(29)23-31)27-15-13-26(14-16-27)25-11-9-24(10-12-25)8-6-4-2/h3,5,13-16,19-20,23-25,28H,4,6-12,17-18,21-22H2,1-2H3. The fourth-order valence-corrected chi connectivity index (χ4v) is 5.83. The highest BCUT2D eigenvalue weighted by Gasteiger charge is 2.24. The molecule has 1 nitrogen and oxygen atoms in total. The van der Waals surface area contributed by atoms with Crippen LogP contribution < -0.4 is 4.74 Å². The maximum Gasteiger partial charge on any atom is 0.119 e. The summed E-state index contributed by atoms with van der Waals surface area (Å²) in [5.74, 6) is 3.47. The number of rotatable bonds is 9. The average Bonchev–Trinajstić information content (AvgIpc) is 2.85. The molecule has 0 aromatic heterocycles. The van der Waals surface area contributed by atoms with E-state index in [1.165, 1.54) is 68.1 Å². The first-order valence-electron chi connectivity index (χ1n) is 13.2. The lowest BCUT2D eigenvalue weighted by Crippen LogP contribution is -2.14. The molecule has 2 aliphatic rings. The number of fused-ring (bicyclic) bond motifs is 1. The van der Waals surface area contributed by atoms with E-state index in [9.17, 15) is 0 Å². The van der Waals surface area contributed by atoms with Crippen molar-refractivity contribution >= 4 is 0 Å². The number of allylic oxidation sites excluding steroid dienone is 1. The second kappa shape index (κ2) is 11.7. The topological polar surface area (TPSA) is 9.23 Å². The number of hydrogen-bond donors (Lipinski definition) is 0. The number of ether oxygens (including phenoxy) is 1. The van der Waals surface area contributed by atoms with Crippen molar-refractivity contribution in [2.45, 2.75) is 96.3 Å². The highest BCUT2D eigenvalue weighted by atomic mass is 16.5. The van der Waals surface area contributed by atoms with Crippen LogP contribution in [0, 0.1) is 5.92 Å². The lowest BCUT2D eigenvalue weighted by Gasteiger charge is -2.29. The van der Waals surface area contributed by atoms with E-state index >= 15 is 0 Å². The van der Waals surface area contributed by atoms with E-state index in [-0.39, 0.29) is 0 Å². The van der Waals surface area contributed by atoms with Gasteiger partial charge < -0.3 is 4.74 Å². The summed E-state index contributed by atoms with van der Waals surface area (Å²) in [6.07, 6.45) is 18.7. The molecule has 1 atom stereocenters. The van der Waals surface area contributed by atoms with E-state index in [2.05, 4.69) is 68.5 Å². The largest absolute Gasteiger partial charge is 0.493 e. The van der Waals surface area contributed by atoms with Gasteiger partial charge in [-0.25, -0.2) is 0 Å². The normalized spacial score (nSPS) is 23.2. The van der Waals surface area contributed by atoms with Crippen LogP contribution in [0.25, 0.3) is 0 Å². The van der Waals surface area contributed by atoms with Crippen molar-refractivity contribution in [3.05, 3.63) is 76.9 Å². The minimum absolute atomic E-state index is 0.655. The molecule has 2 aliphatic carbocycles. The number of benzene rings is 2. The second-order valence-corrected chi connectivity index (χ2v) is 10.1. The summed E-state index contributed by atoms with van der Waals surface area (Å²) in [6.45, 7) is 5.14. The van der Waals surface area contributed by atoms with Crippen molar-refractivity contribution < 1.29 is 4.74 Å². The predicted molar refractivity (Wildman–Crippen MR) is 137 cm³/mol. The molecule has 0 aliphatic heterocycles. The van der Waals surface area contributed by atoms with Gasteiger partial charge in [-0.2, -0.15) is 0 Å². The maximum absolute atomic E-state index is 5.93. The van der Waals surface area contributed by atoms with E-state index < -0.39 is 0 Å². The molecule has 0 amide bonds. The quantitative estimate of drug-likeness (QED) is 0.285. The van der Waals surface area contributed by atoms with Gasteiger partial charge in [0.25, 0.3) is 0 Å². The molecule has 172 valence electrons. The molecule has 1 heteroatoms. The van der Waals surface area contributed by atoms with Crippen LogP contribution in [0.3, 0.4) is 0 Å². The molecule has 1 fully saturated rings. The van der Waals surface area contributed by atoms with Crippen molar-refractivity contribution in [3.8, 4) is 5.75 Å². The van der Waals surface area contributed by atoms with Crippen molar-refractivity contribution in [1.82, 2.24) is 0 Å². The van der Waals surface area contributed by atoms with Crippen LogP contribution in [0.2, 0.25) is 0 Å². The molecular weight excluding hydrogens is 388 g/mol. The summed E-state index contributed by atoms with van der Waals surface area (Å²) in [5, 5.41) is 0. The molecule has 32 heavy (non-hydrogen) atoms. The van der Waals surface area contributed by atoms with Crippen molar-refractivity contribution in [2.75, 3.05) is 6.61 Å². The van der Waals surface area contributed by atoms with Crippen LogP contribution in [0.4, 0.5) is 0 Å². The van der Waals surface area contributed by atoms with Gasteiger partial charge in [0.1, 0.15) is 5.75 Å². The molecule has 2 aromatic rings. The van der Waals surface area contributed by atoms with Crippen molar-refractivity contribution in [3.63, 3.8) is 0 Å². The lowest BCUT2D eigenvalue weighted by atomic mass is 9.76. The summed E-state index contributed by atoms with van der Waals surface area (Å²) in [7, 11) is 0. The molecule has 0 N–H and O–H groups in total. The van der Waals surface area contributed by atoms with E-state index in [0.29, 0.717) is 5.92 Å². The maximum atomic E-state index is 5.93.